The zero-order chi connectivity index (χ0) is 16.8. The van der Waals surface area contributed by atoms with Gasteiger partial charge in [-0.05, 0) is 70.9 Å². The Morgan fingerprint density at radius 1 is 1.25 bits per heavy atom. The minimum absolute atomic E-state index is 0.0640. The van der Waals surface area contributed by atoms with Crippen molar-refractivity contribution in [3.63, 3.8) is 0 Å². The second kappa shape index (κ2) is 5.79. The highest BCUT2D eigenvalue weighted by Crippen LogP contribution is 2.54. The zero-order valence-corrected chi connectivity index (χ0v) is 14.7. The topological polar surface area (TPSA) is 86.8 Å². The Bertz CT molecular complexity index is 578. The van der Waals surface area contributed by atoms with E-state index in [4.69, 9.17) is 0 Å². The molecule has 1 heterocycles. The quantitative estimate of drug-likeness (QED) is 0.847. The molecule has 0 unspecified atom stereocenters. The molecule has 4 rings (SSSR count). The van der Waals surface area contributed by atoms with Crippen LogP contribution in [0.2, 0.25) is 0 Å². The lowest BCUT2D eigenvalue weighted by Crippen LogP contribution is -2.50. The number of nitrogens with zero attached hydrogens (tertiary/aromatic N) is 4. The number of H-pyrrole nitrogens is 1. The number of aromatic nitrogens is 4. The molecule has 3 saturated carbocycles. The molecule has 2 N–H and O–H groups in total. The van der Waals surface area contributed by atoms with Crippen molar-refractivity contribution in [2.24, 2.45) is 11.3 Å². The first-order valence-corrected chi connectivity index (χ1v) is 9.20. The summed E-state index contributed by atoms with van der Waals surface area (Å²) in [6.45, 7) is 0.649. The van der Waals surface area contributed by atoms with Crippen molar-refractivity contribution < 1.29 is 4.79 Å². The highest BCUT2D eigenvalue weighted by molar-refractivity contribution is 5.78. The first kappa shape index (κ1) is 16.0. The van der Waals surface area contributed by atoms with Crippen molar-refractivity contribution in [1.82, 2.24) is 30.8 Å². The molecule has 3 aliphatic rings. The van der Waals surface area contributed by atoms with E-state index < -0.39 is 0 Å². The van der Waals surface area contributed by atoms with E-state index in [-0.39, 0.29) is 17.2 Å². The molecule has 1 amide bonds. The molecule has 1 aromatic rings. The third kappa shape index (κ3) is 2.83. The van der Waals surface area contributed by atoms with E-state index in [2.05, 4.69) is 44.9 Å². The van der Waals surface area contributed by atoms with Gasteiger partial charge in [0.25, 0.3) is 0 Å². The lowest BCUT2D eigenvalue weighted by atomic mass is 9.56. The Kier molecular flexibility index (Phi) is 3.86. The van der Waals surface area contributed by atoms with E-state index in [1.165, 1.54) is 25.7 Å². The Labute approximate surface area is 142 Å². The largest absolute Gasteiger partial charge is 0.355 e. The average molecular weight is 332 g/mol. The Hall–Kier alpha value is -1.50. The predicted octanol–water partition coefficient (Wildman–Crippen LogP) is 1.25. The number of hydrogen-bond donors (Lipinski definition) is 2. The van der Waals surface area contributed by atoms with Gasteiger partial charge >= 0.3 is 0 Å². The van der Waals surface area contributed by atoms with Gasteiger partial charge in [0.05, 0.1) is 5.41 Å². The summed E-state index contributed by atoms with van der Waals surface area (Å²) in [5.41, 5.74) is 0.472. The normalized spacial score (nSPS) is 34.1. The zero-order valence-electron chi connectivity index (χ0n) is 14.7. The maximum atomic E-state index is 12.5. The van der Waals surface area contributed by atoms with Crippen molar-refractivity contribution in [3.8, 4) is 0 Å². The summed E-state index contributed by atoms with van der Waals surface area (Å²) < 4.78 is 0. The minimum Gasteiger partial charge on any atom is -0.355 e. The molecule has 7 nitrogen and oxygen atoms in total. The molecule has 0 aliphatic heterocycles. The van der Waals surface area contributed by atoms with Crippen LogP contribution in [0.4, 0.5) is 0 Å². The number of nitrogens with one attached hydrogen (secondary N) is 2. The van der Waals surface area contributed by atoms with Gasteiger partial charge in [-0.2, -0.15) is 5.21 Å². The van der Waals surface area contributed by atoms with Crippen LogP contribution in [-0.2, 0) is 10.2 Å². The van der Waals surface area contributed by atoms with E-state index in [1.807, 2.05) is 0 Å². The van der Waals surface area contributed by atoms with Gasteiger partial charge in [-0.25, -0.2) is 0 Å². The SMILES string of the molecule is CN(C)C1CC2(CCC(C(=O)NCC3(c4nn[nH]n4)CC3)CC2)C1. The lowest BCUT2D eigenvalue weighted by Gasteiger charge is -2.53. The van der Waals surface area contributed by atoms with Crippen LogP contribution in [-0.4, -0.2) is 58.1 Å². The number of tetrazole rings is 1. The van der Waals surface area contributed by atoms with Gasteiger partial charge in [-0.15, -0.1) is 10.2 Å². The van der Waals surface area contributed by atoms with E-state index in [1.54, 1.807) is 0 Å². The molecule has 7 heteroatoms. The van der Waals surface area contributed by atoms with Gasteiger partial charge in [-0.1, -0.05) is 5.21 Å². The predicted molar refractivity (Wildman–Crippen MR) is 89.2 cm³/mol. The lowest BCUT2D eigenvalue weighted by molar-refractivity contribution is -0.128. The molecular formula is C17H28N6O. The summed E-state index contributed by atoms with van der Waals surface area (Å²) in [6, 6.07) is 0.750. The molecule has 0 saturated heterocycles. The van der Waals surface area contributed by atoms with Crippen molar-refractivity contribution in [1.29, 1.82) is 0 Å². The third-order valence-electron chi connectivity index (χ3n) is 6.76. The Morgan fingerprint density at radius 3 is 2.50 bits per heavy atom. The fourth-order valence-corrected chi connectivity index (χ4v) is 4.62. The van der Waals surface area contributed by atoms with Crippen LogP contribution in [0.5, 0.6) is 0 Å². The second-order valence-electron chi connectivity index (χ2n) is 8.53. The molecule has 0 radical (unpaired) electrons. The number of carbonyl (C=O) groups excluding carboxylic acids is 1. The average Bonchev–Trinajstić information content (AvgIpc) is 3.13. The highest BCUT2D eigenvalue weighted by Gasteiger charge is 2.50. The van der Waals surface area contributed by atoms with E-state index in [0.717, 1.165) is 37.5 Å². The first-order chi connectivity index (χ1) is 11.5. The first-order valence-electron chi connectivity index (χ1n) is 9.20. The molecule has 0 bridgehead atoms. The summed E-state index contributed by atoms with van der Waals surface area (Å²) >= 11 is 0. The number of amides is 1. The van der Waals surface area contributed by atoms with Crippen molar-refractivity contribution in [3.05, 3.63) is 5.82 Å². The van der Waals surface area contributed by atoms with Gasteiger partial charge in [0.2, 0.25) is 5.91 Å². The van der Waals surface area contributed by atoms with E-state index in [0.29, 0.717) is 12.0 Å². The summed E-state index contributed by atoms with van der Waals surface area (Å²) in [4.78, 5) is 14.9. The number of hydrogen-bond acceptors (Lipinski definition) is 5. The van der Waals surface area contributed by atoms with Crippen LogP contribution in [0.3, 0.4) is 0 Å². The highest BCUT2D eigenvalue weighted by atomic mass is 16.1. The number of aromatic amines is 1. The summed E-state index contributed by atoms with van der Waals surface area (Å²) in [6.07, 6.45) is 9.21. The minimum atomic E-state index is -0.0640. The van der Waals surface area contributed by atoms with E-state index in [9.17, 15) is 4.79 Å². The summed E-state index contributed by atoms with van der Waals surface area (Å²) in [5.74, 6) is 1.16. The van der Waals surface area contributed by atoms with Crippen LogP contribution >= 0.6 is 0 Å². The van der Waals surface area contributed by atoms with Crippen molar-refractivity contribution in [2.75, 3.05) is 20.6 Å². The fourth-order valence-electron chi connectivity index (χ4n) is 4.62. The van der Waals surface area contributed by atoms with Gasteiger partial charge in [-0.3, -0.25) is 4.79 Å². The summed E-state index contributed by atoms with van der Waals surface area (Å²) in [7, 11) is 4.35. The van der Waals surface area contributed by atoms with Crippen LogP contribution in [0, 0.1) is 11.3 Å². The van der Waals surface area contributed by atoms with Crippen LogP contribution < -0.4 is 5.32 Å². The van der Waals surface area contributed by atoms with Gasteiger partial charge < -0.3 is 10.2 Å². The monoisotopic (exact) mass is 332 g/mol. The third-order valence-corrected chi connectivity index (χ3v) is 6.76. The maximum Gasteiger partial charge on any atom is 0.223 e. The fraction of sp³-hybridized carbons (Fsp3) is 0.882. The molecule has 1 spiro atoms. The van der Waals surface area contributed by atoms with Crippen LogP contribution in [0.15, 0.2) is 0 Å². The van der Waals surface area contributed by atoms with E-state index >= 15 is 0 Å². The summed E-state index contributed by atoms with van der Waals surface area (Å²) in [5, 5.41) is 17.5. The number of carbonyl (C=O) groups is 1. The molecule has 3 fully saturated rings. The van der Waals surface area contributed by atoms with Gasteiger partial charge in [0, 0.05) is 18.5 Å². The van der Waals surface area contributed by atoms with Crippen molar-refractivity contribution >= 4 is 5.91 Å². The Morgan fingerprint density at radius 2 is 1.96 bits per heavy atom. The van der Waals surface area contributed by atoms with Crippen molar-refractivity contribution in [2.45, 2.75) is 62.8 Å². The standard InChI is InChI=1S/C17H28N6O/c1-23(2)13-9-16(10-13)5-3-12(4-6-16)14(24)18-11-17(7-8-17)15-19-21-22-20-15/h12-13H,3-11H2,1-2H3,(H,18,24)(H,19,20,21,22). The Balaban J connectivity index is 1.24. The molecule has 0 atom stereocenters. The van der Waals surface area contributed by atoms with Crippen LogP contribution in [0.25, 0.3) is 0 Å². The molecule has 24 heavy (non-hydrogen) atoms. The number of rotatable bonds is 5. The maximum absolute atomic E-state index is 12.5. The molecule has 1 aromatic heterocycles. The van der Waals surface area contributed by atoms with Gasteiger partial charge in [0.15, 0.2) is 5.82 Å². The molecule has 132 valence electrons. The van der Waals surface area contributed by atoms with Gasteiger partial charge in [0.1, 0.15) is 0 Å². The smallest absolute Gasteiger partial charge is 0.223 e. The molecule has 0 aromatic carbocycles. The van der Waals surface area contributed by atoms with Crippen LogP contribution in [0.1, 0.15) is 57.2 Å². The second-order valence-corrected chi connectivity index (χ2v) is 8.53. The molecule has 3 aliphatic carbocycles. The molecular weight excluding hydrogens is 304 g/mol.